The predicted molar refractivity (Wildman–Crippen MR) is 141 cm³/mol. The smallest absolute Gasteiger partial charge is 0.387 e. The van der Waals surface area contributed by atoms with Gasteiger partial charge in [0, 0.05) is 28.1 Å². The number of ether oxygens (including phenoxy) is 2. The van der Waals surface area contributed by atoms with Crippen LogP contribution in [0.15, 0.2) is 65.6 Å². The fourth-order valence-electron chi connectivity index (χ4n) is 3.88. The summed E-state index contributed by atoms with van der Waals surface area (Å²) in [6, 6.07) is 14.7. The summed E-state index contributed by atoms with van der Waals surface area (Å²) in [6.45, 7) is -3.31. The molecule has 1 atom stereocenters. The van der Waals surface area contributed by atoms with Gasteiger partial charge in [-0.25, -0.2) is 8.42 Å². The first kappa shape index (κ1) is 27.7. The number of halogens is 4. The number of rotatable bonds is 9. The second kappa shape index (κ2) is 11.6. The molecule has 200 valence electrons. The largest absolute Gasteiger partial charge is 0.486 e. The minimum absolute atomic E-state index is 0.0575. The molecule has 0 aromatic heterocycles. The normalized spacial score (nSPS) is 15.4. The molecular weight excluding hydrogens is 563 g/mol. The maximum atomic E-state index is 13.7. The Kier molecular flexibility index (Phi) is 8.44. The van der Waals surface area contributed by atoms with Gasteiger partial charge in [0.15, 0.2) is 0 Å². The lowest BCUT2D eigenvalue weighted by Crippen LogP contribution is -2.43. The van der Waals surface area contributed by atoms with E-state index in [2.05, 4.69) is 4.74 Å². The second-order valence-electron chi connectivity index (χ2n) is 8.26. The molecular formula is C26H21Cl2F2NO6S. The van der Waals surface area contributed by atoms with Gasteiger partial charge in [0.2, 0.25) is 0 Å². The quantitative estimate of drug-likeness (QED) is 0.286. The van der Waals surface area contributed by atoms with E-state index in [1.165, 1.54) is 18.2 Å². The molecule has 3 aromatic rings. The van der Waals surface area contributed by atoms with Crippen LogP contribution >= 0.6 is 23.2 Å². The number of benzene rings is 3. The lowest BCUT2D eigenvalue weighted by atomic mass is 10.1. The van der Waals surface area contributed by atoms with Crippen molar-refractivity contribution in [2.75, 3.05) is 10.8 Å². The van der Waals surface area contributed by atoms with Gasteiger partial charge in [-0.1, -0.05) is 53.6 Å². The standard InChI is InChI=1S/C26H21Cl2F2NO6S/c27-21-5-2-6-22(28)20(21)10-7-16-8-11-24-23(13-16)31(15-18(36-24)9-12-25(32)33)38(34,35)19-4-1-3-17(14-19)37-26(29)30/h1-8,10-11,13-14,18,26H,9,12,15H2,(H,32,33)/b10-7+/t18-/m0/s1. The number of carbonyl (C=O) groups is 1. The van der Waals surface area contributed by atoms with Crippen LogP contribution in [0.2, 0.25) is 10.0 Å². The van der Waals surface area contributed by atoms with E-state index in [0.29, 0.717) is 21.2 Å². The maximum absolute atomic E-state index is 13.7. The third-order valence-corrected chi connectivity index (χ3v) is 8.09. The number of fused-ring (bicyclic) bond motifs is 1. The number of anilines is 1. The van der Waals surface area contributed by atoms with Crippen molar-refractivity contribution >= 4 is 57.0 Å². The van der Waals surface area contributed by atoms with E-state index in [4.69, 9.17) is 33.0 Å². The number of carboxylic acid groups (broad SMARTS) is 1. The number of hydrogen-bond acceptors (Lipinski definition) is 5. The Hall–Kier alpha value is -3.34. The molecule has 1 heterocycles. The van der Waals surface area contributed by atoms with Crippen LogP contribution in [-0.2, 0) is 14.8 Å². The molecule has 3 aromatic carbocycles. The van der Waals surface area contributed by atoms with E-state index in [9.17, 15) is 22.0 Å². The molecule has 0 fully saturated rings. The first-order valence-electron chi connectivity index (χ1n) is 11.3. The Bertz CT molecular complexity index is 1460. The van der Waals surface area contributed by atoms with Crippen molar-refractivity contribution in [3.8, 4) is 11.5 Å². The first-order valence-corrected chi connectivity index (χ1v) is 13.5. The van der Waals surface area contributed by atoms with Crippen molar-refractivity contribution in [2.24, 2.45) is 0 Å². The van der Waals surface area contributed by atoms with Crippen molar-refractivity contribution in [1.29, 1.82) is 0 Å². The number of sulfonamides is 1. The van der Waals surface area contributed by atoms with Gasteiger partial charge in [0.25, 0.3) is 10.0 Å². The van der Waals surface area contributed by atoms with Crippen molar-refractivity contribution < 1.29 is 36.6 Å². The predicted octanol–water partition coefficient (Wildman–Crippen LogP) is 6.59. The van der Waals surface area contributed by atoms with E-state index >= 15 is 0 Å². The van der Waals surface area contributed by atoms with Crippen LogP contribution in [0.3, 0.4) is 0 Å². The third kappa shape index (κ3) is 6.38. The number of aliphatic carboxylic acids is 1. The summed E-state index contributed by atoms with van der Waals surface area (Å²) in [4.78, 5) is 10.8. The summed E-state index contributed by atoms with van der Waals surface area (Å²) in [5.74, 6) is -1.14. The zero-order chi connectivity index (χ0) is 27.4. The summed E-state index contributed by atoms with van der Waals surface area (Å²) in [7, 11) is -4.29. The molecule has 0 bridgehead atoms. The van der Waals surface area contributed by atoms with Crippen LogP contribution in [0.4, 0.5) is 14.5 Å². The zero-order valence-electron chi connectivity index (χ0n) is 19.6. The van der Waals surface area contributed by atoms with Crippen LogP contribution in [0, 0.1) is 0 Å². The molecule has 0 spiro atoms. The molecule has 38 heavy (non-hydrogen) atoms. The Labute approximate surface area is 227 Å². The van der Waals surface area contributed by atoms with Crippen molar-refractivity contribution in [3.05, 3.63) is 81.8 Å². The van der Waals surface area contributed by atoms with Gasteiger partial charge in [0.1, 0.15) is 17.6 Å². The molecule has 12 heteroatoms. The molecule has 0 saturated heterocycles. The fraction of sp³-hybridized carbons (Fsp3) is 0.192. The van der Waals surface area contributed by atoms with Gasteiger partial charge in [-0.2, -0.15) is 8.78 Å². The molecule has 1 N–H and O–H groups in total. The number of carboxylic acids is 1. The molecule has 4 rings (SSSR count). The van der Waals surface area contributed by atoms with E-state index in [1.807, 2.05) is 0 Å². The third-order valence-electron chi connectivity index (χ3n) is 5.66. The van der Waals surface area contributed by atoms with Crippen LogP contribution in [0.25, 0.3) is 12.2 Å². The Morgan fingerprint density at radius 3 is 2.50 bits per heavy atom. The molecule has 0 unspecified atom stereocenters. The highest BCUT2D eigenvalue weighted by atomic mass is 35.5. The fourth-order valence-corrected chi connectivity index (χ4v) is 5.94. The van der Waals surface area contributed by atoms with Gasteiger partial charge in [-0.3, -0.25) is 9.10 Å². The molecule has 0 aliphatic carbocycles. The van der Waals surface area contributed by atoms with Gasteiger partial charge >= 0.3 is 12.6 Å². The first-order chi connectivity index (χ1) is 18.0. The molecule has 0 amide bonds. The Morgan fingerprint density at radius 2 is 1.82 bits per heavy atom. The minimum Gasteiger partial charge on any atom is -0.486 e. The topological polar surface area (TPSA) is 93.1 Å². The monoisotopic (exact) mass is 583 g/mol. The highest BCUT2D eigenvalue weighted by Crippen LogP contribution is 2.39. The molecule has 7 nitrogen and oxygen atoms in total. The SMILES string of the molecule is O=C(O)CC[C@H]1CN(S(=O)(=O)c2cccc(OC(F)F)c2)c2cc(/C=C/c3c(Cl)cccc3Cl)ccc2O1. The lowest BCUT2D eigenvalue weighted by Gasteiger charge is -2.35. The van der Waals surface area contributed by atoms with Crippen LogP contribution in [0.1, 0.15) is 24.0 Å². The van der Waals surface area contributed by atoms with E-state index in [0.717, 1.165) is 10.4 Å². The van der Waals surface area contributed by atoms with E-state index in [1.54, 1.807) is 48.6 Å². The van der Waals surface area contributed by atoms with Crippen LogP contribution in [-0.4, -0.2) is 38.8 Å². The summed E-state index contributed by atoms with van der Waals surface area (Å²) >= 11 is 12.5. The van der Waals surface area contributed by atoms with Crippen molar-refractivity contribution in [2.45, 2.75) is 30.5 Å². The van der Waals surface area contributed by atoms with Crippen molar-refractivity contribution in [1.82, 2.24) is 0 Å². The second-order valence-corrected chi connectivity index (χ2v) is 10.9. The van der Waals surface area contributed by atoms with Gasteiger partial charge in [-0.05, 0) is 48.4 Å². The number of hydrogen-bond donors (Lipinski definition) is 1. The summed E-state index contributed by atoms with van der Waals surface area (Å²) in [5, 5.41) is 9.96. The average Bonchev–Trinajstić information content (AvgIpc) is 2.86. The summed E-state index contributed by atoms with van der Waals surface area (Å²) in [6.07, 6.45) is 2.46. The molecule has 1 aliphatic rings. The number of nitrogens with zero attached hydrogens (tertiary/aromatic N) is 1. The van der Waals surface area contributed by atoms with Crippen LogP contribution in [0.5, 0.6) is 11.5 Å². The highest BCUT2D eigenvalue weighted by Gasteiger charge is 2.35. The highest BCUT2D eigenvalue weighted by molar-refractivity contribution is 7.92. The van der Waals surface area contributed by atoms with Gasteiger partial charge in [0.05, 0.1) is 17.1 Å². The lowest BCUT2D eigenvalue weighted by molar-refractivity contribution is -0.137. The van der Waals surface area contributed by atoms with Crippen LogP contribution < -0.4 is 13.8 Å². The Morgan fingerprint density at radius 1 is 1.11 bits per heavy atom. The average molecular weight is 584 g/mol. The molecule has 0 saturated carbocycles. The summed E-state index contributed by atoms with van der Waals surface area (Å²) < 4.78 is 64.2. The molecule has 0 radical (unpaired) electrons. The maximum Gasteiger partial charge on any atom is 0.387 e. The van der Waals surface area contributed by atoms with E-state index in [-0.39, 0.29) is 41.5 Å². The zero-order valence-corrected chi connectivity index (χ0v) is 21.9. The van der Waals surface area contributed by atoms with Gasteiger partial charge < -0.3 is 14.6 Å². The minimum atomic E-state index is -4.29. The van der Waals surface area contributed by atoms with Crippen molar-refractivity contribution in [3.63, 3.8) is 0 Å². The van der Waals surface area contributed by atoms with E-state index < -0.39 is 28.7 Å². The molecule has 1 aliphatic heterocycles. The summed E-state index contributed by atoms with van der Waals surface area (Å²) in [5.41, 5.74) is 1.38. The van der Waals surface area contributed by atoms with Gasteiger partial charge in [-0.15, -0.1) is 0 Å². The number of alkyl halides is 2. The Balaban J connectivity index is 1.74.